The summed E-state index contributed by atoms with van der Waals surface area (Å²) in [5, 5.41) is 11.5. The van der Waals surface area contributed by atoms with Gasteiger partial charge in [0.25, 0.3) is 0 Å². The highest BCUT2D eigenvalue weighted by atomic mass is 16.6. The monoisotopic (exact) mass is 498 g/mol. The van der Waals surface area contributed by atoms with Gasteiger partial charge in [0.2, 0.25) is 5.91 Å². The average molecular weight is 499 g/mol. The lowest BCUT2D eigenvalue weighted by molar-refractivity contribution is -0.176. The summed E-state index contributed by atoms with van der Waals surface area (Å²) in [5.41, 5.74) is 0.439. The van der Waals surface area contributed by atoms with Gasteiger partial charge in [0.15, 0.2) is 6.10 Å². The van der Waals surface area contributed by atoms with Crippen LogP contribution in [-0.2, 0) is 14.3 Å². The highest BCUT2D eigenvalue weighted by molar-refractivity contribution is 5.92. The van der Waals surface area contributed by atoms with Gasteiger partial charge in [0.1, 0.15) is 17.1 Å². The fourth-order valence-corrected chi connectivity index (χ4v) is 5.55. The lowest BCUT2D eigenvalue weighted by Crippen LogP contribution is -2.56. The van der Waals surface area contributed by atoms with Crippen molar-refractivity contribution in [2.75, 3.05) is 26.2 Å². The van der Waals surface area contributed by atoms with Gasteiger partial charge in [-0.15, -0.1) is 0 Å². The number of benzene rings is 1. The minimum atomic E-state index is -0.772. The molecular formula is C29H42N2O5. The maximum Gasteiger partial charge on any atom is 0.309 e. The van der Waals surface area contributed by atoms with E-state index >= 15 is 0 Å². The topological polar surface area (TPSA) is 79.3 Å². The molecule has 0 aliphatic carbocycles. The first-order valence-electron chi connectivity index (χ1n) is 13.7. The molecule has 0 bridgehead atoms. The molecule has 3 atom stereocenters. The first-order chi connectivity index (χ1) is 17.2. The van der Waals surface area contributed by atoms with E-state index in [4.69, 9.17) is 9.47 Å². The maximum absolute atomic E-state index is 12.9. The molecule has 198 valence electrons. The zero-order valence-corrected chi connectivity index (χ0v) is 22.3. The third kappa shape index (κ3) is 5.56. The van der Waals surface area contributed by atoms with Crippen LogP contribution in [-0.4, -0.2) is 64.7 Å². The highest BCUT2D eigenvalue weighted by Crippen LogP contribution is 2.50. The molecule has 7 nitrogen and oxygen atoms in total. The van der Waals surface area contributed by atoms with Gasteiger partial charge in [-0.05, 0) is 83.7 Å². The van der Waals surface area contributed by atoms with Crippen LogP contribution in [0.3, 0.4) is 0 Å². The molecule has 0 radical (unpaired) electrons. The summed E-state index contributed by atoms with van der Waals surface area (Å²) >= 11 is 0. The van der Waals surface area contributed by atoms with Crippen molar-refractivity contribution in [2.45, 2.75) is 90.4 Å². The molecule has 3 aliphatic rings. The van der Waals surface area contributed by atoms with Crippen molar-refractivity contribution in [3.8, 4) is 11.5 Å². The summed E-state index contributed by atoms with van der Waals surface area (Å²) < 4.78 is 12.5. The van der Waals surface area contributed by atoms with Gasteiger partial charge in [-0.25, -0.2) is 0 Å². The minimum Gasteiger partial charge on any atom is -0.507 e. The Bertz CT molecular complexity index is 976. The van der Waals surface area contributed by atoms with Crippen LogP contribution in [0.1, 0.15) is 89.8 Å². The van der Waals surface area contributed by atoms with Crippen LogP contribution < -0.4 is 4.74 Å². The fourth-order valence-electron chi connectivity index (χ4n) is 5.55. The van der Waals surface area contributed by atoms with E-state index in [0.717, 1.165) is 58.3 Å². The minimum absolute atomic E-state index is 0.0304. The molecule has 36 heavy (non-hydrogen) atoms. The molecule has 3 heterocycles. The number of aromatic hydroxyl groups is 1. The van der Waals surface area contributed by atoms with Gasteiger partial charge < -0.3 is 19.5 Å². The summed E-state index contributed by atoms with van der Waals surface area (Å²) in [4.78, 5) is 29.8. The predicted molar refractivity (Wildman–Crippen MR) is 140 cm³/mol. The van der Waals surface area contributed by atoms with Crippen molar-refractivity contribution in [1.82, 2.24) is 9.80 Å². The van der Waals surface area contributed by atoms with Crippen LogP contribution in [0.2, 0.25) is 0 Å². The number of piperidine rings is 2. The summed E-state index contributed by atoms with van der Waals surface area (Å²) in [6, 6.07) is 3.33. The van der Waals surface area contributed by atoms with Crippen LogP contribution in [0.15, 0.2) is 18.2 Å². The number of phenols is 1. The number of hydrogen-bond acceptors (Lipinski definition) is 6. The van der Waals surface area contributed by atoms with E-state index in [1.165, 1.54) is 6.42 Å². The summed E-state index contributed by atoms with van der Waals surface area (Å²) in [5.74, 6) is 0.201. The number of ether oxygens (including phenoxy) is 2. The number of carbonyl (C=O) groups is 2. The second kappa shape index (κ2) is 11.2. The van der Waals surface area contributed by atoms with E-state index in [1.54, 1.807) is 18.2 Å². The molecule has 0 aromatic heterocycles. The van der Waals surface area contributed by atoms with Gasteiger partial charge in [0.05, 0.1) is 17.5 Å². The van der Waals surface area contributed by atoms with Crippen molar-refractivity contribution < 1.29 is 24.2 Å². The number of nitrogens with zero attached hydrogens (tertiary/aromatic N) is 2. The third-order valence-electron chi connectivity index (χ3n) is 7.96. The molecule has 1 aromatic carbocycles. The fraction of sp³-hybridized carbons (Fsp3) is 0.655. The van der Waals surface area contributed by atoms with Crippen LogP contribution in [0, 0.1) is 5.92 Å². The largest absolute Gasteiger partial charge is 0.507 e. The Hall–Kier alpha value is -2.54. The second-order valence-electron chi connectivity index (χ2n) is 11.0. The molecule has 3 aliphatic heterocycles. The third-order valence-corrected chi connectivity index (χ3v) is 7.96. The Labute approximate surface area is 215 Å². The van der Waals surface area contributed by atoms with Gasteiger partial charge in [0, 0.05) is 24.7 Å². The lowest BCUT2D eigenvalue weighted by atomic mass is 9.83. The lowest BCUT2D eigenvalue weighted by Gasteiger charge is -2.49. The van der Waals surface area contributed by atoms with E-state index < -0.39 is 11.7 Å². The molecular weight excluding hydrogens is 456 g/mol. The molecule has 7 heteroatoms. The standard InChI is InChI=1S/C29H42N2O5/c1-5-20(2)28(34)35-27-25(31-18-10-7-11-19-31)24-22(36-29(27,3)4)14-12-21(26(24)33)13-15-23(32)30-16-8-6-9-17-30/h12-15,20,25,27,33H,5-11,16-19H2,1-4H3/b15-13+/t20-,25-,27+/m0/s1. The number of amides is 1. The van der Waals surface area contributed by atoms with E-state index in [2.05, 4.69) is 4.90 Å². The molecule has 1 aromatic rings. The molecule has 0 spiro atoms. The summed E-state index contributed by atoms with van der Waals surface area (Å²) in [6.45, 7) is 11.0. The Morgan fingerprint density at radius 2 is 1.75 bits per heavy atom. The van der Waals surface area contributed by atoms with E-state index in [9.17, 15) is 14.7 Å². The molecule has 4 rings (SSSR count). The van der Waals surface area contributed by atoms with Crippen LogP contribution in [0.5, 0.6) is 11.5 Å². The maximum atomic E-state index is 12.9. The zero-order chi connectivity index (χ0) is 25.9. The number of phenolic OH excluding ortho intramolecular Hbond substituents is 1. The van der Waals surface area contributed by atoms with E-state index in [0.29, 0.717) is 23.3 Å². The number of carbonyl (C=O) groups excluding carboxylic acids is 2. The van der Waals surface area contributed by atoms with Gasteiger partial charge >= 0.3 is 5.97 Å². The SMILES string of the molecule is CC[C@H](C)C(=O)O[C@@H]1[C@@H](N2CCCCC2)c2c(ccc(/C=C/C(=O)N3CCCCC3)c2O)OC1(C)C. The van der Waals surface area contributed by atoms with Crippen molar-refractivity contribution >= 4 is 18.0 Å². The summed E-state index contributed by atoms with van der Waals surface area (Å²) in [7, 11) is 0. The van der Waals surface area contributed by atoms with Gasteiger partial charge in [-0.3, -0.25) is 14.5 Å². The molecule has 1 amide bonds. The second-order valence-corrected chi connectivity index (χ2v) is 11.0. The molecule has 2 fully saturated rings. The molecule has 1 N–H and O–H groups in total. The van der Waals surface area contributed by atoms with Crippen LogP contribution in [0.4, 0.5) is 0 Å². The zero-order valence-electron chi connectivity index (χ0n) is 22.3. The Morgan fingerprint density at radius 1 is 1.11 bits per heavy atom. The highest BCUT2D eigenvalue weighted by Gasteiger charge is 2.50. The Balaban J connectivity index is 1.70. The first kappa shape index (κ1) is 26.5. The van der Waals surface area contributed by atoms with Crippen LogP contribution in [0.25, 0.3) is 6.08 Å². The number of esters is 1. The van der Waals surface area contributed by atoms with Gasteiger partial charge in [-0.2, -0.15) is 0 Å². The Kier molecular flexibility index (Phi) is 8.28. The van der Waals surface area contributed by atoms with Gasteiger partial charge in [-0.1, -0.05) is 20.3 Å². The summed E-state index contributed by atoms with van der Waals surface area (Å²) in [6.07, 6.45) is 9.88. The predicted octanol–water partition coefficient (Wildman–Crippen LogP) is 5.07. The van der Waals surface area contributed by atoms with Crippen molar-refractivity contribution in [2.24, 2.45) is 5.92 Å². The van der Waals surface area contributed by atoms with Crippen molar-refractivity contribution in [3.05, 3.63) is 29.3 Å². The number of likely N-dealkylation sites (tertiary alicyclic amines) is 2. The smallest absolute Gasteiger partial charge is 0.309 e. The molecule has 2 saturated heterocycles. The van der Waals surface area contributed by atoms with E-state index in [-0.39, 0.29) is 29.6 Å². The Morgan fingerprint density at radius 3 is 2.39 bits per heavy atom. The number of fused-ring (bicyclic) bond motifs is 1. The van der Waals surface area contributed by atoms with Crippen molar-refractivity contribution in [1.29, 1.82) is 0 Å². The number of rotatable bonds is 6. The molecule has 0 unspecified atom stereocenters. The number of hydrogen-bond donors (Lipinski definition) is 1. The average Bonchev–Trinajstić information content (AvgIpc) is 2.89. The normalized spacial score (nSPS) is 25.2. The molecule has 0 saturated carbocycles. The van der Waals surface area contributed by atoms with Crippen molar-refractivity contribution in [3.63, 3.8) is 0 Å². The van der Waals surface area contributed by atoms with Crippen LogP contribution >= 0.6 is 0 Å². The van der Waals surface area contributed by atoms with E-state index in [1.807, 2.05) is 38.7 Å². The quantitative estimate of drug-likeness (QED) is 0.436. The first-order valence-corrected chi connectivity index (χ1v) is 13.7.